The van der Waals surface area contributed by atoms with Gasteiger partial charge in [-0.05, 0) is 19.3 Å². The van der Waals surface area contributed by atoms with E-state index in [4.69, 9.17) is 4.74 Å². The molecule has 21 heavy (non-hydrogen) atoms. The number of benzene rings is 1. The summed E-state index contributed by atoms with van der Waals surface area (Å²) in [6.07, 6.45) is 3.83. The Morgan fingerprint density at radius 1 is 1.19 bits per heavy atom. The van der Waals surface area contributed by atoms with Crippen molar-refractivity contribution in [3.63, 3.8) is 0 Å². The average Bonchev–Trinajstić information content (AvgIpc) is 2.87. The number of carbonyl (C=O) groups is 2. The number of ketones is 1. The SMILES string of the molecule is O=C(CCCC(=O)c1ccccc1)N[C@@H]1C[C@@H]2OCC[C@@H]21. The van der Waals surface area contributed by atoms with Crippen molar-refractivity contribution in [3.8, 4) is 0 Å². The molecule has 4 nitrogen and oxygen atoms in total. The first-order chi connectivity index (χ1) is 10.2. The van der Waals surface area contributed by atoms with Gasteiger partial charge in [0.15, 0.2) is 5.78 Å². The highest BCUT2D eigenvalue weighted by Crippen LogP contribution is 2.38. The number of nitrogens with one attached hydrogen (secondary N) is 1. The molecule has 3 atom stereocenters. The smallest absolute Gasteiger partial charge is 0.220 e. The van der Waals surface area contributed by atoms with E-state index in [-0.39, 0.29) is 17.7 Å². The lowest BCUT2D eigenvalue weighted by molar-refractivity contribution is -0.124. The lowest BCUT2D eigenvalue weighted by atomic mass is 9.76. The topological polar surface area (TPSA) is 55.4 Å². The highest BCUT2D eigenvalue weighted by atomic mass is 16.5. The summed E-state index contributed by atoms with van der Waals surface area (Å²) in [5.74, 6) is 0.683. The van der Waals surface area contributed by atoms with Crippen molar-refractivity contribution in [2.24, 2.45) is 5.92 Å². The number of hydrogen-bond donors (Lipinski definition) is 1. The molecular formula is C17H21NO3. The van der Waals surface area contributed by atoms with Crippen LogP contribution in [0.25, 0.3) is 0 Å². The molecule has 0 spiro atoms. The third-order valence-electron chi connectivity index (χ3n) is 4.51. The predicted molar refractivity (Wildman–Crippen MR) is 79.0 cm³/mol. The van der Waals surface area contributed by atoms with Gasteiger partial charge in [0.05, 0.1) is 6.10 Å². The summed E-state index contributed by atoms with van der Waals surface area (Å²) in [5.41, 5.74) is 0.725. The van der Waals surface area contributed by atoms with Crippen molar-refractivity contribution >= 4 is 11.7 Å². The van der Waals surface area contributed by atoms with Crippen LogP contribution in [0.2, 0.25) is 0 Å². The lowest BCUT2D eigenvalue weighted by Gasteiger charge is -2.39. The molecule has 1 aromatic carbocycles. The number of carbonyl (C=O) groups excluding carboxylic acids is 2. The van der Waals surface area contributed by atoms with Gasteiger partial charge in [0, 0.05) is 37.0 Å². The fourth-order valence-electron chi connectivity index (χ4n) is 3.22. The summed E-state index contributed by atoms with van der Waals surface area (Å²) in [5, 5.41) is 3.07. The monoisotopic (exact) mass is 287 g/mol. The second-order valence-corrected chi connectivity index (χ2v) is 5.91. The van der Waals surface area contributed by atoms with Crippen molar-refractivity contribution in [2.75, 3.05) is 6.61 Å². The molecule has 3 rings (SSSR count). The number of rotatable bonds is 6. The second kappa shape index (κ2) is 6.39. The normalized spacial score (nSPS) is 26.8. The lowest BCUT2D eigenvalue weighted by Crippen LogP contribution is -2.53. The summed E-state index contributed by atoms with van der Waals surface area (Å²) in [6.45, 7) is 0.827. The van der Waals surface area contributed by atoms with Crippen molar-refractivity contribution in [3.05, 3.63) is 35.9 Å². The van der Waals surface area contributed by atoms with Crippen LogP contribution in [0.15, 0.2) is 30.3 Å². The van der Waals surface area contributed by atoms with Gasteiger partial charge in [0.25, 0.3) is 0 Å². The van der Waals surface area contributed by atoms with E-state index in [0.29, 0.717) is 31.3 Å². The summed E-state index contributed by atoms with van der Waals surface area (Å²) < 4.78 is 5.53. The molecule has 4 heteroatoms. The maximum absolute atomic E-state index is 11.9. The van der Waals surface area contributed by atoms with E-state index >= 15 is 0 Å². The Kier molecular flexibility index (Phi) is 4.34. The Morgan fingerprint density at radius 3 is 2.76 bits per heavy atom. The molecule has 0 radical (unpaired) electrons. The number of fused-ring (bicyclic) bond motifs is 1. The van der Waals surface area contributed by atoms with Crippen LogP contribution < -0.4 is 5.32 Å². The van der Waals surface area contributed by atoms with Crippen molar-refractivity contribution in [1.29, 1.82) is 0 Å². The number of hydrogen-bond acceptors (Lipinski definition) is 3. The summed E-state index contributed by atoms with van der Waals surface area (Å²) in [4.78, 5) is 23.8. The molecule has 1 saturated heterocycles. The van der Waals surface area contributed by atoms with E-state index in [1.165, 1.54) is 0 Å². The third kappa shape index (κ3) is 3.32. The molecule has 1 aromatic rings. The minimum absolute atomic E-state index is 0.0613. The van der Waals surface area contributed by atoms with Crippen LogP contribution in [0.1, 0.15) is 42.5 Å². The number of Topliss-reactive ketones (excluding diaryl/α,β-unsaturated/α-hetero) is 1. The van der Waals surface area contributed by atoms with Gasteiger partial charge in [-0.3, -0.25) is 9.59 Å². The van der Waals surface area contributed by atoms with Gasteiger partial charge in [-0.15, -0.1) is 0 Å². The van der Waals surface area contributed by atoms with Crippen LogP contribution >= 0.6 is 0 Å². The second-order valence-electron chi connectivity index (χ2n) is 5.91. The van der Waals surface area contributed by atoms with Crippen LogP contribution in [-0.4, -0.2) is 30.4 Å². The fourth-order valence-corrected chi connectivity index (χ4v) is 3.22. The van der Waals surface area contributed by atoms with E-state index in [0.717, 1.165) is 25.0 Å². The van der Waals surface area contributed by atoms with E-state index in [1.54, 1.807) is 0 Å². The molecule has 2 fully saturated rings. The molecule has 0 bridgehead atoms. The summed E-state index contributed by atoms with van der Waals surface area (Å²) in [6, 6.07) is 9.53. The maximum Gasteiger partial charge on any atom is 0.220 e. The Bertz CT molecular complexity index is 514. The van der Waals surface area contributed by atoms with Crippen LogP contribution in [0, 0.1) is 5.92 Å². The van der Waals surface area contributed by atoms with Gasteiger partial charge in [-0.1, -0.05) is 30.3 Å². The molecule has 112 valence electrons. The van der Waals surface area contributed by atoms with Gasteiger partial charge in [-0.25, -0.2) is 0 Å². The highest BCUT2D eigenvalue weighted by Gasteiger charge is 2.45. The summed E-state index contributed by atoms with van der Waals surface area (Å²) in [7, 11) is 0. The molecule has 0 aromatic heterocycles. The zero-order valence-electron chi connectivity index (χ0n) is 12.1. The predicted octanol–water partition coefficient (Wildman–Crippen LogP) is 2.33. The van der Waals surface area contributed by atoms with E-state index in [1.807, 2.05) is 30.3 Å². The fraction of sp³-hybridized carbons (Fsp3) is 0.529. The van der Waals surface area contributed by atoms with Crippen LogP contribution in [0.5, 0.6) is 0 Å². The van der Waals surface area contributed by atoms with Gasteiger partial charge >= 0.3 is 0 Å². The van der Waals surface area contributed by atoms with Crippen LogP contribution in [0.3, 0.4) is 0 Å². The molecular weight excluding hydrogens is 266 g/mol. The van der Waals surface area contributed by atoms with Crippen molar-refractivity contribution in [1.82, 2.24) is 5.32 Å². The average molecular weight is 287 g/mol. The molecule has 1 heterocycles. The molecule has 1 saturated carbocycles. The van der Waals surface area contributed by atoms with Crippen molar-refractivity contribution in [2.45, 2.75) is 44.2 Å². The first-order valence-corrected chi connectivity index (χ1v) is 7.73. The standard InChI is InChI=1S/C17H21NO3/c19-15(12-5-2-1-3-6-12)7-4-8-17(20)18-14-11-16-13(14)9-10-21-16/h1-3,5-6,13-14,16H,4,7-11H2,(H,18,20)/t13-,14-,16+/m1/s1. The quantitative estimate of drug-likeness (QED) is 0.817. The van der Waals surface area contributed by atoms with Gasteiger partial charge in [-0.2, -0.15) is 0 Å². The van der Waals surface area contributed by atoms with E-state index in [9.17, 15) is 9.59 Å². The molecule has 1 aliphatic heterocycles. The zero-order valence-corrected chi connectivity index (χ0v) is 12.1. The highest BCUT2D eigenvalue weighted by molar-refractivity contribution is 5.96. The molecule has 2 aliphatic rings. The largest absolute Gasteiger partial charge is 0.378 e. The van der Waals surface area contributed by atoms with Gasteiger partial charge in [0.1, 0.15) is 0 Å². The Hall–Kier alpha value is -1.68. The summed E-state index contributed by atoms with van der Waals surface area (Å²) >= 11 is 0. The van der Waals surface area contributed by atoms with E-state index in [2.05, 4.69) is 5.32 Å². The maximum atomic E-state index is 11.9. The third-order valence-corrected chi connectivity index (χ3v) is 4.51. The van der Waals surface area contributed by atoms with Gasteiger partial charge < -0.3 is 10.1 Å². The van der Waals surface area contributed by atoms with Crippen LogP contribution in [-0.2, 0) is 9.53 Å². The van der Waals surface area contributed by atoms with Crippen LogP contribution in [0.4, 0.5) is 0 Å². The minimum Gasteiger partial charge on any atom is -0.378 e. The molecule has 0 unspecified atom stereocenters. The molecule has 1 amide bonds. The van der Waals surface area contributed by atoms with Crippen molar-refractivity contribution < 1.29 is 14.3 Å². The number of ether oxygens (including phenoxy) is 1. The number of amides is 1. The Balaban J connectivity index is 1.36. The minimum atomic E-state index is 0.0613. The first-order valence-electron chi connectivity index (χ1n) is 7.73. The van der Waals surface area contributed by atoms with E-state index < -0.39 is 0 Å². The Labute approximate surface area is 124 Å². The molecule has 1 aliphatic carbocycles. The zero-order chi connectivity index (χ0) is 14.7. The Morgan fingerprint density at radius 2 is 2.00 bits per heavy atom. The first kappa shape index (κ1) is 14.3. The molecule has 1 N–H and O–H groups in total. The van der Waals surface area contributed by atoms with Gasteiger partial charge in [0.2, 0.25) is 5.91 Å².